The molecule has 1 aromatic rings. The zero-order valence-corrected chi connectivity index (χ0v) is 12.2. The number of nitrogens with one attached hydrogen (secondary N) is 1. The molecule has 0 amide bonds. The van der Waals surface area contributed by atoms with Crippen LogP contribution in [-0.4, -0.2) is 19.2 Å². The Morgan fingerprint density at radius 1 is 1.35 bits per heavy atom. The van der Waals surface area contributed by atoms with Gasteiger partial charge in [-0.2, -0.15) is 0 Å². The van der Waals surface area contributed by atoms with Gasteiger partial charge in [-0.1, -0.05) is 12.8 Å². The Labute approximate surface area is 115 Å². The molecule has 1 N–H and O–H groups in total. The topological polar surface area (TPSA) is 21.3 Å². The highest BCUT2D eigenvalue weighted by atomic mass is 79.9. The SMILES string of the molecule is Brc1csc(C2CNC3CCCCC3CO2)c1. The van der Waals surface area contributed by atoms with Gasteiger partial charge in [0.15, 0.2) is 0 Å². The zero-order chi connectivity index (χ0) is 11.7. The number of thiophene rings is 1. The highest BCUT2D eigenvalue weighted by Crippen LogP contribution is 2.33. The van der Waals surface area contributed by atoms with Crippen LogP contribution in [0.4, 0.5) is 0 Å². The average Bonchev–Trinajstić information content (AvgIpc) is 2.66. The van der Waals surface area contributed by atoms with E-state index in [9.17, 15) is 0 Å². The fraction of sp³-hybridized carbons (Fsp3) is 0.692. The van der Waals surface area contributed by atoms with Gasteiger partial charge in [0, 0.05) is 27.3 Å². The molecule has 2 fully saturated rings. The van der Waals surface area contributed by atoms with E-state index in [4.69, 9.17) is 4.74 Å². The van der Waals surface area contributed by atoms with Crippen LogP contribution in [0.25, 0.3) is 0 Å². The van der Waals surface area contributed by atoms with Gasteiger partial charge >= 0.3 is 0 Å². The first-order valence-corrected chi connectivity index (χ1v) is 8.09. The first kappa shape index (κ1) is 12.2. The van der Waals surface area contributed by atoms with Crippen molar-refractivity contribution in [3.8, 4) is 0 Å². The number of fused-ring (bicyclic) bond motifs is 1. The monoisotopic (exact) mass is 315 g/mol. The van der Waals surface area contributed by atoms with Gasteiger partial charge < -0.3 is 10.1 Å². The van der Waals surface area contributed by atoms with E-state index in [1.54, 1.807) is 11.3 Å². The van der Waals surface area contributed by atoms with Crippen LogP contribution in [0.2, 0.25) is 0 Å². The molecular weight excluding hydrogens is 298 g/mol. The standard InChI is InChI=1S/C13H18BrNOS/c14-10-5-13(17-8-10)12-6-15-11-4-2-1-3-9(11)7-16-12/h5,8-9,11-12,15H,1-4,6-7H2. The predicted octanol–water partition coefficient (Wildman–Crippen LogP) is 3.73. The fourth-order valence-electron chi connectivity index (χ4n) is 2.91. The smallest absolute Gasteiger partial charge is 0.104 e. The Morgan fingerprint density at radius 2 is 2.24 bits per heavy atom. The summed E-state index contributed by atoms with van der Waals surface area (Å²) in [6.45, 7) is 1.89. The van der Waals surface area contributed by atoms with Gasteiger partial charge in [-0.05, 0) is 40.8 Å². The molecule has 4 heteroatoms. The molecule has 17 heavy (non-hydrogen) atoms. The number of halogens is 1. The van der Waals surface area contributed by atoms with E-state index in [2.05, 4.69) is 32.7 Å². The van der Waals surface area contributed by atoms with Crippen molar-refractivity contribution in [2.24, 2.45) is 5.92 Å². The summed E-state index contributed by atoms with van der Waals surface area (Å²) in [7, 11) is 0. The van der Waals surface area contributed by atoms with Crippen LogP contribution < -0.4 is 5.32 Å². The lowest BCUT2D eigenvalue weighted by molar-refractivity contribution is 0.0421. The zero-order valence-electron chi connectivity index (χ0n) is 9.82. The number of hydrogen-bond acceptors (Lipinski definition) is 3. The molecule has 94 valence electrons. The normalized spacial score (nSPS) is 34.1. The van der Waals surface area contributed by atoms with Crippen molar-refractivity contribution in [3.05, 3.63) is 20.8 Å². The van der Waals surface area contributed by atoms with Crippen molar-refractivity contribution in [1.29, 1.82) is 0 Å². The lowest BCUT2D eigenvalue weighted by Gasteiger charge is -2.29. The second-order valence-electron chi connectivity index (χ2n) is 5.05. The molecule has 2 aliphatic rings. The van der Waals surface area contributed by atoms with Crippen molar-refractivity contribution in [1.82, 2.24) is 5.32 Å². The second-order valence-corrected chi connectivity index (χ2v) is 6.91. The maximum atomic E-state index is 6.10. The van der Waals surface area contributed by atoms with Crippen molar-refractivity contribution in [3.63, 3.8) is 0 Å². The molecule has 0 radical (unpaired) electrons. The molecule has 1 saturated heterocycles. The summed E-state index contributed by atoms with van der Waals surface area (Å²) in [6.07, 6.45) is 5.66. The van der Waals surface area contributed by atoms with Crippen LogP contribution in [-0.2, 0) is 4.74 Å². The third kappa shape index (κ3) is 2.75. The number of hydrogen-bond donors (Lipinski definition) is 1. The Bertz CT molecular complexity index is 365. The second kappa shape index (κ2) is 5.39. The van der Waals surface area contributed by atoms with Gasteiger partial charge in [-0.25, -0.2) is 0 Å². The van der Waals surface area contributed by atoms with Crippen molar-refractivity contribution < 1.29 is 4.74 Å². The van der Waals surface area contributed by atoms with Crippen molar-refractivity contribution >= 4 is 27.3 Å². The first-order valence-electron chi connectivity index (χ1n) is 6.42. The minimum absolute atomic E-state index is 0.247. The molecule has 1 aliphatic heterocycles. The summed E-state index contributed by atoms with van der Waals surface area (Å²) in [5, 5.41) is 5.84. The molecule has 2 heterocycles. The molecule has 3 unspecified atom stereocenters. The minimum Gasteiger partial charge on any atom is -0.371 e. The summed E-state index contributed by atoms with van der Waals surface area (Å²) >= 11 is 5.30. The molecule has 0 bridgehead atoms. The Balaban J connectivity index is 1.69. The lowest BCUT2D eigenvalue weighted by atomic mass is 9.85. The van der Waals surface area contributed by atoms with E-state index in [1.807, 2.05) is 0 Å². The molecule has 1 aliphatic carbocycles. The van der Waals surface area contributed by atoms with Gasteiger partial charge in [0.25, 0.3) is 0 Å². The average molecular weight is 316 g/mol. The highest BCUT2D eigenvalue weighted by molar-refractivity contribution is 9.10. The molecule has 3 atom stereocenters. The quantitative estimate of drug-likeness (QED) is 0.852. The Morgan fingerprint density at radius 3 is 3.06 bits per heavy atom. The molecule has 0 spiro atoms. The lowest BCUT2D eigenvalue weighted by Crippen LogP contribution is -2.38. The molecular formula is C13H18BrNOS. The highest BCUT2D eigenvalue weighted by Gasteiger charge is 2.30. The third-order valence-corrected chi connectivity index (χ3v) is 5.68. The summed E-state index contributed by atoms with van der Waals surface area (Å²) in [4.78, 5) is 1.34. The molecule has 2 nitrogen and oxygen atoms in total. The van der Waals surface area contributed by atoms with Gasteiger partial charge in [0.1, 0.15) is 6.10 Å². The van der Waals surface area contributed by atoms with Crippen molar-refractivity contribution in [2.75, 3.05) is 13.2 Å². The number of ether oxygens (including phenoxy) is 1. The van der Waals surface area contributed by atoms with Crippen LogP contribution in [0.3, 0.4) is 0 Å². The Kier molecular flexibility index (Phi) is 3.85. The minimum atomic E-state index is 0.247. The van der Waals surface area contributed by atoms with Crippen molar-refractivity contribution in [2.45, 2.75) is 37.8 Å². The van der Waals surface area contributed by atoms with Crippen LogP contribution in [0.1, 0.15) is 36.7 Å². The van der Waals surface area contributed by atoms with E-state index in [0.29, 0.717) is 6.04 Å². The predicted molar refractivity (Wildman–Crippen MR) is 74.5 cm³/mol. The maximum absolute atomic E-state index is 6.10. The summed E-state index contributed by atoms with van der Waals surface area (Å²) in [5.74, 6) is 0.733. The van der Waals surface area contributed by atoms with E-state index >= 15 is 0 Å². The van der Waals surface area contributed by atoms with E-state index in [-0.39, 0.29) is 6.10 Å². The maximum Gasteiger partial charge on any atom is 0.104 e. The summed E-state index contributed by atoms with van der Waals surface area (Å²) in [5.41, 5.74) is 0. The third-order valence-electron chi connectivity index (χ3n) is 3.89. The van der Waals surface area contributed by atoms with Crippen LogP contribution in [0, 0.1) is 5.92 Å². The largest absolute Gasteiger partial charge is 0.371 e. The van der Waals surface area contributed by atoms with Crippen LogP contribution in [0.15, 0.2) is 15.9 Å². The molecule has 0 aromatic carbocycles. The van der Waals surface area contributed by atoms with E-state index < -0.39 is 0 Å². The van der Waals surface area contributed by atoms with Gasteiger partial charge in [0.05, 0.1) is 6.61 Å². The summed E-state index contributed by atoms with van der Waals surface area (Å²) < 4.78 is 7.27. The van der Waals surface area contributed by atoms with E-state index in [1.165, 1.54) is 35.0 Å². The van der Waals surface area contributed by atoms with Gasteiger partial charge in [-0.3, -0.25) is 0 Å². The molecule has 1 aromatic heterocycles. The van der Waals surface area contributed by atoms with Gasteiger partial charge in [-0.15, -0.1) is 11.3 Å². The number of rotatable bonds is 1. The van der Waals surface area contributed by atoms with Gasteiger partial charge in [0.2, 0.25) is 0 Å². The van der Waals surface area contributed by atoms with Crippen LogP contribution >= 0.6 is 27.3 Å². The molecule has 3 rings (SSSR count). The Hall–Kier alpha value is 0.1000. The first-order chi connectivity index (χ1) is 8.33. The van der Waals surface area contributed by atoms with E-state index in [0.717, 1.165) is 19.1 Å². The fourth-order valence-corrected chi connectivity index (χ4v) is 4.41. The summed E-state index contributed by atoms with van der Waals surface area (Å²) in [6, 6.07) is 2.88. The molecule has 1 saturated carbocycles. The van der Waals surface area contributed by atoms with Crippen LogP contribution in [0.5, 0.6) is 0 Å².